The van der Waals surface area contributed by atoms with E-state index in [9.17, 15) is 24.0 Å². The number of benzene rings is 2. The molecule has 1 aromatic heterocycles. The zero-order valence-corrected chi connectivity index (χ0v) is 27.2. The molecule has 0 saturated carbocycles. The Morgan fingerprint density at radius 3 is 1.89 bits per heavy atom. The fraction of sp³-hybridized carbons (Fsp3) is 0.424. The lowest BCUT2D eigenvalue weighted by Gasteiger charge is -2.43. The van der Waals surface area contributed by atoms with Crippen molar-refractivity contribution in [2.45, 2.75) is 72.6 Å². The van der Waals surface area contributed by atoms with Gasteiger partial charge in [0.15, 0.2) is 16.9 Å². The lowest BCUT2D eigenvalue weighted by molar-refractivity contribution is -0.266. The first-order valence-electron chi connectivity index (χ1n) is 14.7. The molecule has 0 N–H and O–H groups in total. The molecule has 14 nitrogen and oxygen atoms in total. The van der Waals surface area contributed by atoms with Gasteiger partial charge < -0.3 is 42.3 Å². The van der Waals surface area contributed by atoms with Crippen molar-refractivity contribution in [2.75, 3.05) is 14.2 Å². The number of hydrogen-bond donors (Lipinski definition) is 0. The number of carbonyl (C=O) groups excluding carboxylic acids is 4. The number of methoxy groups -OCH3 is 2. The van der Waals surface area contributed by atoms with Gasteiger partial charge in [-0.05, 0) is 18.6 Å². The van der Waals surface area contributed by atoms with Gasteiger partial charge >= 0.3 is 23.9 Å². The van der Waals surface area contributed by atoms with Gasteiger partial charge in [-0.3, -0.25) is 24.0 Å². The van der Waals surface area contributed by atoms with E-state index >= 15 is 0 Å². The molecule has 0 bridgehead atoms. The lowest BCUT2D eigenvalue weighted by atomic mass is 9.89. The Hall–Kier alpha value is -5.11. The van der Waals surface area contributed by atoms with Crippen molar-refractivity contribution < 1.29 is 61.5 Å². The summed E-state index contributed by atoms with van der Waals surface area (Å²) in [6, 6.07) is 6.84. The number of carbonyl (C=O) groups is 4. The molecular weight excluding hydrogens is 620 g/mol. The minimum atomic E-state index is -1.27. The summed E-state index contributed by atoms with van der Waals surface area (Å²) in [5.41, 5.74) is -0.281. The smallest absolute Gasteiger partial charge is 0.308 e. The highest BCUT2D eigenvalue weighted by Crippen LogP contribution is 2.42. The van der Waals surface area contributed by atoms with E-state index in [0.29, 0.717) is 12.0 Å². The maximum absolute atomic E-state index is 13.5. The minimum absolute atomic E-state index is 0.0163. The van der Waals surface area contributed by atoms with Crippen LogP contribution < -0.4 is 29.1 Å². The molecule has 0 amide bonds. The summed E-state index contributed by atoms with van der Waals surface area (Å²) < 4.78 is 51.0. The van der Waals surface area contributed by atoms with E-state index < -0.39 is 53.9 Å². The SMILES string of the molecule is CC[C@H]1O[C@@H](Oc2cc(OC(C)=O)c3c(=O)cc(-c4cc(OC)c(OC(C)=O)c(OC)c4)oc3c2)[C@H](OC(C)=O)[C@@H](OC(C)=O)[C@@H]1C. The van der Waals surface area contributed by atoms with Crippen LogP contribution in [0.4, 0.5) is 0 Å². The van der Waals surface area contributed by atoms with E-state index in [-0.39, 0.29) is 51.4 Å². The van der Waals surface area contributed by atoms with Crippen molar-refractivity contribution in [3.8, 4) is 40.1 Å². The molecule has 14 heteroatoms. The van der Waals surface area contributed by atoms with E-state index in [2.05, 4.69) is 0 Å². The predicted molar refractivity (Wildman–Crippen MR) is 163 cm³/mol. The zero-order valence-electron chi connectivity index (χ0n) is 27.2. The standard InChI is InChI=1S/C33H36O14/c1-9-23-15(2)30(42-17(4)35)32(44-19(6)37)33(47-23)45-21-12-25(41-16(3)34)29-22(38)14-24(46-26(29)13-21)20-10-27(39-7)31(43-18(5)36)28(11-20)40-8/h10-15,23,30,32-33H,9H2,1-8H3/t15-,23-,30+,32-,33-/m1/s1. The van der Waals surface area contributed by atoms with Crippen LogP contribution >= 0.6 is 0 Å². The Morgan fingerprint density at radius 1 is 0.766 bits per heavy atom. The molecule has 2 aromatic carbocycles. The first-order chi connectivity index (χ1) is 22.3. The third-order valence-electron chi connectivity index (χ3n) is 7.28. The Kier molecular flexibility index (Phi) is 10.8. The number of ether oxygens (including phenoxy) is 8. The van der Waals surface area contributed by atoms with E-state index in [1.807, 2.05) is 13.8 Å². The Morgan fingerprint density at radius 2 is 1.36 bits per heavy atom. The molecule has 252 valence electrons. The quantitative estimate of drug-likeness (QED) is 0.223. The second-order valence-electron chi connectivity index (χ2n) is 10.7. The Bertz CT molecular complexity index is 1720. The summed E-state index contributed by atoms with van der Waals surface area (Å²) in [4.78, 5) is 61.3. The topological polar surface area (TPSA) is 172 Å². The second kappa shape index (κ2) is 14.5. The number of rotatable bonds is 10. The summed E-state index contributed by atoms with van der Waals surface area (Å²) in [5, 5.41) is -0.0642. The highest BCUT2D eigenvalue weighted by atomic mass is 16.7. The van der Waals surface area contributed by atoms with Crippen LogP contribution in [0.25, 0.3) is 22.3 Å². The van der Waals surface area contributed by atoms with E-state index in [1.165, 1.54) is 65.3 Å². The molecule has 1 aliphatic heterocycles. The van der Waals surface area contributed by atoms with Gasteiger partial charge in [-0.25, -0.2) is 0 Å². The average molecular weight is 657 g/mol. The van der Waals surface area contributed by atoms with Gasteiger partial charge in [0.05, 0.1) is 20.3 Å². The van der Waals surface area contributed by atoms with Crippen LogP contribution in [0.15, 0.2) is 39.5 Å². The Labute approximate surface area is 269 Å². The van der Waals surface area contributed by atoms with Gasteiger partial charge in [0, 0.05) is 57.4 Å². The number of hydrogen-bond acceptors (Lipinski definition) is 14. The summed E-state index contributed by atoms with van der Waals surface area (Å²) in [6.07, 6.45) is -3.28. The van der Waals surface area contributed by atoms with Gasteiger partial charge in [-0.1, -0.05) is 13.8 Å². The van der Waals surface area contributed by atoms with E-state index in [4.69, 9.17) is 42.3 Å². The fourth-order valence-corrected chi connectivity index (χ4v) is 5.36. The van der Waals surface area contributed by atoms with Gasteiger partial charge in [0.25, 0.3) is 0 Å². The predicted octanol–water partition coefficient (Wildman–Crippen LogP) is 4.34. The molecule has 0 radical (unpaired) electrons. The summed E-state index contributed by atoms with van der Waals surface area (Å²) in [7, 11) is 2.73. The molecule has 5 atom stereocenters. The average Bonchev–Trinajstić information content (AvgIpc) is 2.98. The van der Waals surface area contributed by atoms with Gasteiger partial charge in [-0.15, -0.1) is 0 Å². The van der Waals surface area contributed by atoms with Gasteiger partial charge in [0.2, 0.25) is 18.1 Å². The van der Waals surface area contributed by atoms with Crippen molar-refractivity contribution in [3.63, 3.8) is 0 Å². The third kappa shape index (κ3) is 7.83. The van der Waals surface area contributed by atoms with Crippen molar-refractivity contribution in [1.82, 2.24) is 0 Å². The maximum atomic E-state index is 13.5. The molecule has 1 fully saturated rings. The largest absolute Gasteiger partial charge is 0.493 e. The van der Waals surface area contributed by atoms with Crippen molar-refractivity contribution in [2.24, 2.45) is 5.92 Å². The lowest BCUT2D eigenvalue weighted by Crippen LogP contribution is -2.58. The molecule has 4 rings (SSSR count). The van der Waals surface area contributed by atoms with Gasteiger partial charge in [-0.2, -0.15) is 0 Å². The second-order valence-corrected chi connectivity index (χ2v) is 10.7. The zero-order chi connectivity index (χ0) is 34.6. The van der Waals surface area contributed by atoms with Crippen molar-refractivity contribution >= 4 is 34.8 Å². The van der Waals surface area contributed by atoms with E-state index in [1.54, 1.807) is 0 Å². The molecule has 1 aliphatic rings. The molecule has 47 heavy (non-hydrogen) atoms. The molecule has 2 heterocycles. The van der Waals surface area contributed by atoms with Crippen LogP contribution in [0.5, 0.6) is 28.7 Å². The molecule has 0 unspecified atom stereocenters. The molecule has 0 spiro atoms. The minimum Gasteiger partial charge on any atom is -0.493 e. The van der Waals surface area contributed by atoms with Gasteiger partial charge in [0.1, 0.15) is 34.3 Å². The summed E-state index contributed by atoms with van der Waals surface area (Å²) >= 11 is 0. The molecule has 3 aromatic rings. The highest BCUT2D eigenvalue weighted by molar-refractivity contribution is 5.89. The van der Waals surface area contributed by atoms with Crippen LogP contribution in [0, 0.1) is 5.92 Å². The van der Waals surface area contributed by atoms with Crippen LogP contribution in [-0.2, 0) is 33.4 Å². The molecule has 1 saturated heterocycles. The molecule has 0 aliphatic carbocycles. The summed E-state index contributed by atoms with van der Waals surface area (Å²) in [5.74, 6) is -2.73. The first kappa shape index (κ1) is 34.8. The Balaban J connectivity index is 1.86. The maximum Gasteiger partial charge on any atom is 0.308 e. The van der Waals surface area contributed by atoms with Crippen LogP contribution in [-0.4, -0.2) is 62.7 Å². The number of esters is 4. The highest BCUT2D eigenvalue weighted by Gasteiger charge is 2.48. The monoisotopic (exact) mass is 656 g/mol. The number of fused-ring (bicyclic) bond motifs is 1. The van der Waals surface area contributed by atoms with Crippen LogP contribution in [0.2, 0.25) is 0 Å². The summed E-state index contributed by atoms with van der Waals surface area (Å²) in [6.45, 7) is 8.52. The van der Waals surface area contributed by atoms with Crippen molar-refractivity contribution in [3.05, 3.63) is 40.6 Å². The third-order valence-corrected chi connectivity index (χ3v) is 7.28. The van der Waals surface area contributed by atoms with Crippen molar-refractivity contribution in [1.29, 1.82) is 0 Å². The van der Waals surface area contributed by atoms with Crippen LogP contribution in [0.1, 0.15) is 48.0 Å². The molecular formula is C33H36O14. The van der Waals surface area contributed by atoms with Crippen LogP contribution in [0.3, 0.4) is 0 Å². The fourth-order valence-electron chi connectivity index (χ4n) is 5.36. The van der Waals surface area contributed by atoms with E-state index in [0.717, 1.165) is 6.92 Å². The normalized spacial score (nSPS) is 20.6. The first-order valence-corrected chi connectivity index (χ1v) is 14.7.